The molecule has 0 bridgehead atoms. The Hall–Kier alpha value is -1.12. The van der Waals surface area contributed by atoms with Crippen LogP contribution in [0.1, 0.15) is 5.69 Å². The second-order valence-corrected chi connectivity index (χ2v) is 7.36. The molecule has 18 heavy (non-hydrogen) atoms. The highest BCUT2D eigenvalue weighted by Gasteiger charge is 2.21. The van der Waals surface area contributed by atoms with E-state index in [-0.39, 0.29) is 9.34 Å². The number of nitrogen functional groups attached to an aromatic ring is 1. The van der Waals surface area contributed by atoms with Crippen LogP contribution in [0, 0.1) is 6.92 Å². The van der Waals surface area contributed by atoms with Crippen molar-refractivity contribution in [2.75, 3.05) is 10.5 Å². The fourth-order valence-corrected chi connectivity index (χ4v) is 4.15. The number of hydrogen-bond acceptors (Lipinski definition) is 5. The topological polar surface area (TPSA) is 85.1 Å². The number of nitrogens with zero attached hydrogens (tertiary/aromatic N) is 1. The Balaban J connectivity index is 2.36. The normalized spacial score (nSPS) is 11.4. The summed E-state index contributed by atoms with van der Waals surface area (Å²) >= 11 is 4.23. The molecule has 5 nitrogen and oxygen atoms in total. The van der Waals surface area contributed by atoms with Crippen LogP contribution in [0.3, 0.4) is 0 Å². The summed E-state index contributed by atoms with van der Waals surface area (Å²) in [5, 5.41) is 0.238. The minimum atomic E-state index is -3.63. The van der Waals surface area contributed by atoms with Gasteiger partial charge < -0.3 is 5.73 Å². The lowest BCUT2D eigenvalue weighted by atomic mass is 10.3. The van der Waals surface area contributed by atoms with Gasteiger partial charge in [-0.1, -0.05) is 33.3 Å². The summed E-state index contributed by atoms with van der Waals surface area (Å²) < 4.78 is 27.7. The van der Waals surface area contributed by atoms with Crippen molar-refractivity contribution in [3.05, 3.63) is 34.4 Å². The van der Waals surface area contributed by atoms with Gasteiger partial charge in [-0.05, 0) is 25.1 Å². The van der Waals surface area contributed by atoms with E-state index >= 15 is 0 Å². The smallest absolute Gasteiger partial charge is 0.273 e. The summed E-state index contributed by atoms with van der Waals surface area (Å²) in [6, 6.07) is 6.91. The van der Waals surface area contributed by atoms with E-state index in [0.29, 0.717) is 11.4 Å². The van der Waals surface area contributed by atoms with Gasteiger partial charge in [-0.2, -0.15) is 0 Å². The summed E-state index contributed by atoms with van der Waals surface area (Å²) in [4.78, 5) is 3.90. The van der Waals surface area contributed by atoms with Crippen molar-refractivity contribution in [1.29, 1.82) is 0 Å². The molecular weight excluding hydrogens is 338 g/mol. The summed E-state index contributed by atoms with van der Waals surface area (Å²) in [6.07, 6.45) is 0. The Bertz CT molecular complexity index is 682. The predicted octanol–water partition coefficient (Wildman–Crippen LogP) is 2.60. The van der Waals surface area contributed by atoms with E-state index in [1.807, 2.05) is 6.07 Å². The van der Waals surface area contributed by atoms with Crippen LogP contribution in [0.25, 0.3) is 0 Å². The van der Waals surface area contributed by atoms with Gasteiger partial charge in [0.2, 0.25) is 0 Å². The highest BCUT2D eigenvalue weighted by Crippen LogP contribution is 2.27. The first kappa shape index (κ1) is 13.3. The molecule has 0 atom stereocenters. The van der Waals surface area contributed by atoms with E-state index in [2.05, 4.69) is 25.6 Å². The fourth-order valence-electron chi connectivity index (χ4n) is 1.41. The van der Waals surface area contributed by atoms with Crippen molar-refractivity contribution < 1.29 is 8.42 Å². The second-order valence-electron chi connectivity index (χ2n) is 3.54. The van der Waals surface area contributed by atoms with Gasteiger partial charge in [0.15, 0.2) is 9.34 Å². The lowest BCUT2D eigenvalue weighted by molar-refractivity contribution is 0.602. The molecule has 1 aromatic heterocycles. The first-order chi connectivity index (χ1) is 8.38. The molecule has 2 aromatic rings. The van der Waals surface area contributed by atoms with Crippen LogP contribution in [0.4, 0.5) is 10.8 Å². The first-order valence-corrected chi connectivity index (χ1v) is 7.99. The van der Waals surface area contributed by atoms with E-state index < -0.39 is 10.0 Å². The monoisotopic (exact) mass is 347 g/mol. The molecule has 8 heteroatoms. The van der Waals surface area contributed by atoms with Gasteiger partial charge in [-0.15, -0.1) is 0 Å². The SMILES string of the molecule is Cc1nc(N)sc1S(=O)(=O)Nc1cccc(Br)c1. The summed E-state index contributed by atoms with van der Waals surface area (Å²) in [6.45, 7) is 1.61. The van der Waals surface area contributed by atoms with Gasteiger partial charge in [0.25, 0.3) is 10.0 Å². The van der Waals surface area contributed by atoms with Gasteiger partial charge in [0, 0.05) is 10.2 Å². The molecule has 0 aliphatic carbocycles. The molecule has 2 rings (SSSR count). The van der Waals surface area contributed by atoms with Crippen LogP contribution >= 0.6 is 27.3 Å². The highest BCUT2D eigenvalue weighted by atomic mass is 79.9. The molecule has 0 fully saturated rings. The fraction of sp³-hybridized carbons (Fsp3) is 0.100. The Morgan fingerprint density at radius 2 is 2.17 bits per heavy atom. The Morgan fingerprint density at radius 3 is 2.72 bits per heavy atom. The molecule has 0 radical (unpaired) electrons. The van der Waals surface area contributed by atoms with E-state index in [4.69, 9.17) is 5.73 Å². The highest BCUT2D eigenvalue weighted by molar-refractivity contribution is 9.10. The predicted molar refractivity (Wildman–Crippen MR) is 76.2 cm³/mol. The number of thiazole rings is 1. The number of anilines is 2. The Labute approximate surface area is 117 Å². The summed E-state index contributed by atoms with van der Waals surface area (Å²) in [5.74, 6) is 0. The van der Waals surface area contributed by atoms with E-state index in [1.54, 1.807) is 25.1 Å². The van der Waals surface area contributed by atoms with E-state index in [1.165, 1.54) is 0 Å². The number of benzene rings is 1. The number of nitrogens with two attached hydrogens (primary N) is 1. The number of aromatic nitrogens is 1. The maximum atomic E-state index is 12.1. The molecule has 96 valence electrons. The zero-order valence-electron chi connectivity index (χ0n) is 9.34. The molecule has 0 spiro atoms. The number of aryl methyl sites for hydroxylation is 1. The van der Waals surface area contributed by atoms with Crippen LogP contribution < -0.4 is 10.5 Å². The molecule has 3 N–H and O–H groups in total. The summed E-state index contributed by atoms with van der Waals surface area (Å²) in [5.41, 5.74) is 6.39. The molecule has 0 aliphatic heterocycles. The zero-order chi connectivity index (χ0) is 13.3. The Morgan fingerprint density at radius 1 is 1.44 bits per heavy atom. The third-order valence-electron chi connectivity index (χ3n) is 2.09. The maximum Gasteiger partial charge on any atom is 0.273 e. The average Bonchev–Trinajstić information content (AvgIpc) is 2.58. The number of nitrogens with one attached hydrogen (secondary N) is 1. The van der Waals surface area contributed by atoms with Crippen LogP contribution in [0.2, 0.25) is 0 Å². The molecule has 1 heterocycles. The number of hydrogen-bond donors (Lipinski definition) is 2. The quantitative estimate of drug-likeness (QED) is 0.893. The van der Waals surface area contributed by atoms with Crippen molar-refractivity contribution in [2.24, 2.45) is 0 Å². The Kier molecular flexibility index (Phi) is 3.60. The maximum absolute atomic E-state index is 12.1. The van der Waals surface area contributed by atoms with Crippen molar-refractivity contribution >= 4 is 48.1 Å². The van der Waals surface area contributed by atoms with Gasteiger partial charge in [0.05, 0.1) is 5.69 Å². The zero-order valence-corrected chi connectivity index (χ0v) is 12.6. The van der Waals surface area contributed by atoms with Gasteiger partial charge in [0.1, 0.15) is 0 Å². The van der Waals surface area contributed by atoms with Crippen molar-refractivity contribution in [3.8, 4) is 0 Å². The standard InChI is InChI=1S/C10H10BrN3O2S2/c1-6-9(17-10(12)13-6)18(15,16)14-8-4-2-3-7(11)5-8/h2-5,14H,1H3,(H2,12,13). The lowest BCUT2D eigenvalue weighted by Crippen LogP contribution is -2.12. The summed E-state index contributed by atoms with van der Waals surface area (Å²) in [7, 11) is -3.63. The molecule has 0 saturated carbocycles. The number of halogens is 1. The second kappa shape index (κ2) is 4.87. The minimum absolute atomic E-state index is 0.139. The molecule has 0 amide bonds. The van der Waals surface area contributed by atoms with Gasteiger partial charge >= 0.3 is 0 Å². The van der Waals surface area contributed by atoms with E-state index in [0.717, 1.165) is 15.8 Å². The largest absolute Gasteiger partial charge is 0.375 e. The number of sulfonamides is 1. The van der Waals surface area contributed by atoms with Crippen LogP contribution in [-0.4, -0.2) is 13.4 Å². The molecule has 0 unspecified atom stereocenters. The van der Waals surface area contributed by atoms with Crippen LogP contribution in [0.5, 0.6) is 0 Å². The minimum Gasteiger partial charge on any atom is -0.375 e. The molecule has 0 saturated heterocycles. The van der Waals surface area contributed by atoms with Crippen LogP contribution in [0.15, 0.2) is 32.9 Å². The molecule has 0 aliphatic rings. The average molecular weight is 348 g/mol. The van der Waals surface area contributed by atoms with Gasteiger partial charge in [-0.3, -0.25) is 4.72 Å². The van der Waals surface area contributed by atoms with Crippen LogP contribution in [-0.2, 0) is 10.0 Å². The first-order valence-electron chi connectivity index (χ1n) is 4.90. The van der Waals surface area contributed by atoms with Crippen molar-refractivity contribution in [3.63, 3.8) is 0 Å². The van der Waals surface area contributed by atoms with Crippen molar-refractivity contribution in [2.45, 2.75) is 11.1 Å². The van der Waals surface area contributed by atoms with Gasteiger partial charge in [-0.25, -0.2) is 13.4 Å². The molecule has 1 aromatic carbocycles. The lowest BCUT2D eigenvalue weighted by Gasteiger charge is -2.06. The third kappa shape index (κ3) is 2.82. The third-order valence-corrected chi connectivity index (χ3v) is 5.56. The van der Waals surface area contributed by atoms with E-state index in [9.17, 15) is 8.42 Å². The number of rotatable bonds is 3. The molecular formula is C10H10BrN3O2S2. The van der Waals surface area contributed by atoms with Crippen molar-refractivity contribution in [1.82, 2.24) is 4.98 Å².